The maximum absolute atomic E-state index is 6.36. The first-order valence-electron chi connectivity index (χ1n) is 5.67. The number of hydrogen-bond acceptors (Lipinski definition) is 2. The summed E-state index contributed by atoms with van der Waals surface area (Å²) in [6.07, 6.45) is 2.26. The zero-order valence-corrected chi connectivity index (χ0v) is 10.7. The van der Waals surface area contributed by atoms with Crippen LogP contribution in [0.25, 0.3) is 0 Å². The van der Waals surface area contributed by atoms with E-state index in [0.717, 1.165) is 17.1 Å². The molecule has 4 unspecified atom stereocenters. The molecule has 2 aliphatic rings. The molecule has 94 valence electrons. The summed E-state index contributed by atoms with van der Waals surface area (Å²) in [7, 11) is 0. The standard InChI is InChI=1S/C12H14Cl2N2.FH/c13-7-3-1-2-4-9(7)15-11-8(14)5-6-10-12(11)16-10;/h1-4,8,10-12,15-16H,5-6H2;1H. The lowest BCUT2D eigenvalue weighted by atomic mass is 9.94. The highest BCUT2D eigenvalue weighted by Gasteiger charge is 2.48. The van der Waals surface area contributed by atoms with Crippen LogP contribution >= 0.6 is 23.2 Å². The third-order valence-electron chi connectivity index (χ3n) is 3.46. The molecule has 1 saturated heterocycles. The normalized spacial score (nSPS) is 34.5. The number of nitrogens with one attached hydrogen (secondary N) is 2. The first-order chi connectivity index (χ1) is 7.75. The van der Waals surface area contributed by atoms with E-state index in [1.807, 2.05) is 24.3 Å². The Bertz CT molecular complexity index is 400. The van der Waals surface area contributed by atoms with Crippen molar-refractivity contribution in [2.24, 2.45) is 0 Å². The summed E-state index contributed by atoms with van der Waals surface area (Å²) in [5.74, 6) is 0. The molecular weight excluding hydrogens is 262 g/mol. The van der Waals surface area contributed by atoms with Crippen molar-refractivity contribution in [3.63, 3.8) is 0 Å². The van der Waals surface area contributed by atoms with E-state index in [0.29, 0.717) is 18.1 Å². The largest absolute Gasteiger partial charge is 0.378 e. The average Bonchev–Trinajstić information content (AvgIpc) is 3.04. The van der Waals surface area contributed by atoms with Gasteiger partial charge in [-0.3, -0.25) is 4.70 Å². The minimum absolute atomic E-state index is 0. The minimum atomic E-state index is 0. The molecule has 1 aliphatic carbocycles. The fourth-order valence-electron chi connectivity index (χ4n) is 2.49. The van der Waals surface area contributed by atoms with Crippen molar-refractivity contribution in [2.75, 3.05) is 5.32 Å². The van der Waals surface area contributed by atoms with Crippen LogP contribution in [0.2, 0.25) is 5.02 Å². The molecule has 3 rings (SSSR count). The summed E-state index contributed by atoms with van der Waals surface area (Å²) < 4.78 is 0. The fourth-order valence-corrected chi connectivity index (χ4v) is 3.03. The fraction of sp³-hybridized carbons (Fsp3) is 0.500. The van der Waals surface area contributed by atoms with Gasteiger partial charge in [0.1, 0.15) is 0 Å². The van der Waals surface area contributed by atoms with Crippen molar-refractivity contribution in [3.8, 4) is 0 Å². The average molecular weight is 277 g/mol. The van der Waals surface area contributed by atoms with Crippen LogP contribution in [0.5, 0.6) is 0 Å². The van der Waals surface area contributed by atoms with Crippen LogP contribution in [-0.2, 0) is 0 Å². The summed E-state index contributed by atoms with van der Waals surface area (Å²) in [5, 5.41) is 7.87. The second-order valence-corrected chi connectivity index (χ2v) is 5.51. The molecule has 1 aromatic carbocycles. The Morgan fingerprint density at radius 2 is 2.00 bits per heavy atom. The van der Waals surface area contributed by atoms with Gasteiger partial charge in [-0.1, -0.05) is 23.7 Å². The summed E-state index contributed by atoms with van der Waals surface area (Å²) in [6, 6.07) is 9.29. The molecule has 5 heteroatoms. The van der Waals surface area contributed by atoms with Crippen molar-refractivity contribution in [1.82, 2.24) is 5.32 Å². The molecular formula is C12H15Cl2FN2. The molecule has 0 spiro atoms. The molecule has 2 nitrogen and oxygen atoms in total. The van der Waals surface area contributed by atoms with Gasteiger partial charge in [0.25, 0.3) is 0 Å². The monoisotopic (exact) mass is 276 g/mol. The highest BCUT2D eigenvalue weighted by atomic mass is 35.5. The third kappa shape index (κ3) is 2.51. The van der Waals surface area contributed by atoms with Gasteiger partial charge in [0.2, 0.25) is 0 Å². The predicted octanol–water partition coefficient (Wildman–Crippen LogP) is 3.01. The van der Waals surface area contributed by atoms with Crippen molar-refractivity contribution in [1.29, 1.82) is 0 Å². The van der Waals surface area contributed by atoms with Crippen LogP contribution in [0.1, 0.15) is 12.8 Å². The van der Waals surface area contributed by atoms with Gasteiger partial charge in [-0.05, 0) is 25.0 Å². The second kappa shape index (κ2) is 5.01. The quantitative estimate of drug-likeness (QED) is 0.643. The number of hydrogen-bond donors (Lipinski definition) is 2. The minimum Gasteiger partial charge on any atom is -0.378 e. The zero-order chi connectivity index (χ0) is 11.1. The molecule has 4 atom stereocenters. The predicted molar refractivity (Wildman–Crippen MR) is 71.0 cm³/mol. The molecule has 1 aliphatic heterocycles. The topological polar surface area (TPSA) is 34.0 Å². The molecule has 2 N–H and O–H groups in total. The number of para-hydroxylation sites is 1. The Morgan fingerprint density at radius 1 is 1.24 bits per heavy atom. The summed E-state index contributed by atoms with van der Waals surface area (Å²) in [6.45, 7) is 0. The van der Waals surface area contributed by atoms with Crippen LogP contribution in [0, 0.1) is 0 Å². The van der Waals surface area contributed by atoms with Crippen LogP contribution in [0.3, 0.4) is 0 Å². The van der Waals surface area contributed by atoms with E-state index in [1.54, 1.807) is 0 Å². The van der Waals surface area contributed by atoms with Gasteiger partial charge < -0.3 is 10.6 Å². The molecule has 0 aromatic heterocycles. The number of benzene rings is 1. The Kier molecular flexibility index (Phi) is 3.81. The van der Waals surface area contributed by atoms with Crippen molar-refractivity contribution in [2.45, 2.75) is 36.3 Å². The van der Waals surface area contributed by atoms with E-state index < -0.39 is 0 Å². The number of rotatable bonds is 2. The lowest BCUT2D eigenvalue weighted by Crippen LogP contribution is -2.39. The SMILES string of the molecule is Clc1ccccc1NC1C(Cl)CCC2NC21.F. The second-order valence-electron chi connectivity index (χ2n) is 4.54. The Hall–Kier alpha value is -0.510. The van der Waals surface area contributed by atoms with Crippen molar-refractivity contribution in [3.05, 3.63) is 29.3 Å². The number of fused-ring (bicyclic) bond motifs is 1. The Morgan fingerprint density at radius 3 is 2.76 bits per heavy atom. The third-order valence-corrected chi connectivity index (χ3v) is 4.28. The lowest BCUT2D eigenvalue weighted by Gasteiger charge is -2.27. The van der Waals surface area contributed by atoms with Gasteiger partial charge >= 0.3 is 0 Å². The van der Waals surface area contributed by atoms with Gasteiger partial charge in [-0.2, -0.15) is 0 Å². The van der Waals surface area contributed by atoms with Crippen LogP contribution in [-0.4, -0.2) is 23.5 Å². The number of anilines is 1. The van der Waals surface area contributed by atoms with Gasteiger partial charge in [0.05, 0.1) is 22.1 Å². The zero-order valence-electron chi connectivity index (χ0n) is 9.20. The highest BCUT2D eigenvalue weighted by molar-refractivity contribution is 6.33. The summed E-state index contributed by atoms with van der Waals surface area (Å²) in [5.41, 5.74) is 0.981. The maximum Gasteiger partial charge on any atom is 0.0637 e. The first kappa shape index (κ1) is 12.9. The number of alkyl halides is 1. The molecule has 2 fully saturated rings. The molecule has 1 aromatic rings. The van der Waals surface area contributed by atoms with E-state index in [4.69, 9.17) is 23.2 Å². The molecule has 0 amide bonds. The molecule has 0 bridgehead atoms. The van der Waals surface area contributed by atoms with Gasteiger partial charge in [0, 0.05) is 12.1 Å². The van der Waals surface area contributed by atoms with Gasteiger partial charge in [-0.15, -0.1) is 11.6 Å². The van der Waals surface area contributed by atoms with Crippen LogP contribution in [0.4, 0.5) is 10.4 Å². The first-order valence-corrected chi connectivity index (χ1v) is 6.48. The molecule has 1 saturated carbocycles. The summed E-state index contributed by atoms with van der Waals surface area (Å²) >= 11 is 12.5. The summed E-state index contributed by atoms with van der Waals surface area (Å²) in [4.78, 5) is 0. The maximum atomic E-state index is 6.36. The van der Waals surface area contributed by atoms with E-state index in [2.05, 4.69) is 10.6 Å². The Labute approximate surface area is 110 Å². The highest BCUT2D eigenvalue weighted by Crippen LogP contribution is 2.35. The van der Waals surface area contributed by atoms with E-state index in [-0.39, 0.29) is 10.1 Å². The van der Waals surface area contributed by atoms with Crippen molar-refractivity contribution < 1.29 is 4.70 Å². The van der Waals surface area contributed by atoms with Gasteiger partial charge in [-0.25, -0.2) is 0 Å². The Balaban J connectivity index is 0.00000108. The van der Waals surface area contributed by atoms with Gasteiger partial charge in [0.15, 0.2) is 0 Å². The van der Waals surface area contributed by atoms with E-state index in [1.165, 1.54) is 6.42 Å². The number of halogens is 3. The lowest BCUT2D eigenvalue weighted by molar-refractivity contribution is 0.531. The smallest absolute Gasteiger partial charge is 0.0637 e. The molecule has 17 heavy (non-hydrogen) atoms. The van der Waals surface area contributed by atoms with Crippen LogP contribution in [0.15, 0.2) is 24.3 Å². The van der Waals surface area contributed by atoms with Crippen molar-refractivity contribution >= 4 is 28.9 Å². The van der Waals surface area contributed by atoms with E-state index >= 15 is 0 Å². The van der Waals surface area contributed by atoms with Crippen LogP contribution < -0.4 is 10.6 Å². The molecule has 1 heterocycles. The molecule has 0 radical (unpaired) electrons. The van der Waals surface area contributed by atoms with E-state index in [9.17, 15) is 0 Å².